The molecule has 0 aromatic rings. The third kappa shape index (κ3) is 6.29. The van der Waals surface area contributed by atoms with Gasteiger partial charge in [0.25, 0.3) is 10.2 Å². The lowest BCUT2D eigenvalue weighted by Crippen LogP contribution is -2.46. The van der Waals surface area contributed by atoms with E-state index in [1.54, 1.807) is 6.92 Å². The molecule has 0 spiro atoms. The average Bonchev–Trinajstić information content (AvgIpc) is 2.47. The summed E-state index contributed by atoms with van der Waals surface area (Å²) in [6.45, 7) is 3.31. The molecule has 124 valence electrons. The van der Waals surface area contributed by atoms with Crippen LogP contribution in [0.25, 0.3) is 0 Å². The Hall–Kier alpha value is -0.700. The van der Waals surface area contributed by atoms with Crippen LogP contribution in [-0.4, -0.2) is 56.6 Å². The normalized spacial score (nSPS) is 17.8. The number of rotatable bonds is 9. The number of hydrogen-bond donors (Lipinski definition) is 2. The fourth-order valence-corrected chi connectivity index (χ4v) is 3.57. The summed E-state index contributed by atoms with van der Waals surface area (Å²) in [5.74, 6) is -0.424. The number of aliphatic hydroxyl groups excluding tert-OH is 1. The van der Waals surface area contributed by atoms with E-state index >= 15 is 0 Å². The lowest BCUT2D eigenvalue weighted by atomic mass is 9.98. The van der Waals surface area contributed by atoms with Crippen LogP contribution in [0.5, 0.6) is 0 Å². The molecule has 1 rings (SSSR count). The van der Waals surface area contributed by atoms with E-state index in [0.717, 1.165) is 6.42 Å². The molecular weight excluding hydrogens is 296 g/mol. The van der Waals surface area contributed by atoms with Gasteiger partial charge in [0.1, 0.15) is 0 Å². The molecule has 1 aliphatic rings. The molecule has 21 heavy (non-hydrogen) atoms. The fraction of sp³-hybridized carbons (Fsp3) is 0.923. The van der Waals surface area contributed by atoms with Crippen LogP contribution in [0.2, 0.25) is 0 Å². The molecule has 0 aromatic carbocycles. The van der Waals surface area contributed by atoms with Crippen LogP contribution < -0.4 is 4.72 Å². The van der Waals surface area contributed by atoms with Gasteiger partial charge in [0.05, 0.1) is 12.5 Å². The molecular formula is C13H26N2O5S. The van der Waals surface area contributed by atoms with E-state index in [2.05, 4.69) is 4.72 Å². The van der Waals surface area contributed by atoms with Gasteiger partial charge < -0.3 is 9.84 Å². The fourth-order valence-electron chi connectivity index (χ4n) is 2.30. The number of aliphatic hydroxyl groups is 1. The maximum absolute atomic E-state index is 12.1. The molecule has 7 nitrogen and oxygen atoms in total. The van der Waals surface area contributed by atoms with Crippen LogP contribution in [0.1, 0.15) is 39.0 Å². The van der Waals surface area contributed by atoms with Gasteiger partial charge in [-0.1, -0.05) is 0 Å². The van der Waals surface area contributed by atoms with Gasteiger partial charge >= 0.3 is 5.97 Å². The molecule has 0 radical (unpaired) electrons. The van der Waals surface area contributed by atoms with Crippen molar-refractivity contribution < 1.29 is 23.1 Å². The Kier molecular flexibility index (Phi) is 8.16. The number of esters is 1. The first kappa shape index (κ1) is 18.3. The molecule has 1 aliphatic heterocycles. The highest BCUT2D eigenvalue weighted by Gasteiger charge is 2.31. The maximum atomic E-state index is 12.1. The van der Waals surface area contributed by atoms with E-state index in [0.29, 0.717) is 51.9 Å². The summed E-state index contributed by atoms with van der Waals surface area (Å²) >= 11 is 0. The maximum Gasteiger partial charge on any atom is 0.309 e. The summed E-state index contributed by atoms with van der Waals surface area (Å²) in [7, 11) is -3.46. The van der Waals surface area contributed by atoms with Crippen LogP contribution in [0.3, 0.4) is 0 Å². The lowest BCUT2D eigenvalue weighted by Gasteiger charge is -2.30. The zero-order chi connectivity index (χ0) is 15.7. The minimum Gasteiger partial charge on any atom is -0.466 e. The first-order valence-electron chi connectivity index (χ1n) is 7.53. The zero-order valence-corrected chi connectivity index (χ0v) is 13.4. The molecule has 0 saturated carbocycles. The number of nitrogens with zero attached hydrogens (tertiary/aromatic N) is 1. The number of nitrogens with one attached hydrogen (secondary N) is 1. The molecule has 2 N–H and O–H groups in total. The smallest absolute Gasteiger partial charge is 0.309 e. The lowest BCUT2D eigenvalue weighted by molar-refractivity contribution is -0.149. The molecule has 0 aliphatic carbocycles. The van der Waals surface area contributed by atoms with Crippen molar-refractivity contribution in [2.45, 2.75) is 39.0 Å². The summed E-state index contributed by atoms with van der Waals surface area (Å²) < 4.78 is 33.0. The van der Waals surface area contributed by atoms with Crippen molar-refractivity contribution in [3.05, 3.63) is 0 Å². The number of hydrogen-bond acceptors (Lipinski definition) is 5. The quantitative estimate of drug-likeness (QED) is 0.469. The highest BCUT2D eigenvalue weighted by atomic mass is 32.2. The Balaban J connectivity index is 2.33. The average molecular weight is 322 g/mol. The van der Waals surface area contributed by atoms with Crippen molar-refractivity contribution in [1.29, 1.82) is 0 Å². The van der Waals surface area contributed by atoms with Gasteiger partial charge in [-0.3, -0.25) is 4.79 Å². The van der Waals surface area contributed by atoms with Gasteiger partial charge in [-0.2, -0.15) is 12.7 Å². The van der Waals surface area contributed by atoms with Gasteiger partial charge in [-0.25, -0.2) is 4.72 Å². The van der Waals surface area contributed by atoms with Crippen molar-refractivity contribution in [1.82, 2.24) is 9.03 Å². The van der Waals surface area contributed by atoms with Crippen molar-refractivity contribution in [3.63, 3.8) is 0 Å². The van der Waals surface area contributed by atoms with Gasteiger partial charge in [-0.05, 0) is 39.0 Å². The summed E-state index contributed by atoms with van der Waals surface area (Å²) in [5.41, 5.74) is 0. The Morgan fingerprint density at radius 3 is 2.52 bits per heavy atom. The second kappa shape index (κ2) is 9.34. The van der Waals surface area contributed by atoms with Crippen LogP contribution in [0, 0.1) is 5.92 Å². The van der Waals surface area contributed by atoms with Crippen molar-refractivity contribution in [2.24, 2.45) is 5.92 Å². The molecule has 1 fully saturated rings. The molecule has 1 heterocycles. The topological polar surface area (TPSA) is 95.9 Å². The SMILES string of the molecule is CCOC(=O)C1CCN(S(=O)(=O)NCCCCCO)CC1. The Morgan fingerprint density at radius 1 is 1.29 bits per heavy atom. The molecule has 1 saturated heterocycles. The zero-order valence-electron chi connectivity index (χ0n) is 12.6. The number of ether oxygens (including phenoxy) is 1. The molecule has 8 heteroatoms. The molecule has 0 unspecified atom stereocenters. The van der Waals surface area contributed by atoms with Gasteiger partial charge in [-0.15, -0.1) is 0 Å². The Morgan fingerprint density at radius 2 is 1.95 bits per heavy atom. The van der Waals surface area contributed by atoms with Crippen molar-refractivity contribution in [3.8, 4) is 0 Å². The van der Waals surface area contributed by atoms with Crippen LogP contribution >= 0.6 is 0 Å². The third-order valence-electron chi connectivity index (χ3n) is 3.53. The minimum atomic E-state index is -3.46. The number of unbranched alkanes of at least 4 members (excludes halogenated alkanes) is 2. The number of carbonyl (C=O) groups excluding carboxylic acids is 1. The van der Waals surface area contributed by atoms with Crippen LogP contribution in [0.15, 0.2) is 0 Å². The molecule has 0 aromatic heterocycles. The predicted molar refractivity (Wildman–Crippen MR) is 78.8 cm³/mol. The van der Waals surface area contributed by atoms with Gasteiger partial charge in [0.2, 0.25) is 0 Å². The summed E-state index contributed by atoms with van der Waals surface area (Å²) in [5, 5.41) is 8.65. The van der Waals surface area contributed by atoms with E-state index in [-0.39, 0.29) is 18.5 Å². The van der Waals surface area contributed by atoms with E-state index in [1.807, 2.05) is 0 Å². The predicted octanol–water partition coefficient (Wildman–Crippen LogP) is 0.259. The van der Waals surface area contributed by atoms with Crippen molar-refractivity contribution in [2.75, 3.05) is 32.8 Å². The summed E-state index contributed by atoms with van der Waals surface area (Å²) in [4.78, 5) is 11.6. The number of carbonyl (C=O) groups is 1. The van der Waals surface area contributed by atoms with Crippen LogP contribution in [0.4, 0.5) is 0 Å². The Bertz CT molecular complexity index is 405. The van der Waals surface area contributed by atoms with Gasteiger partial charge in [0.15, 0.2) is 0 Å². The largest absolute Gasteiger partial charge is 0.466 e. The van der Waals surface area contributed by atoms with E-state index in [4.69, 9.17) is 9.84 Å². The standard InChI is InChI=1S/C13H26N2O5S/c1-2-20-13(17)12-6-9-15(10-7-12)21(18,19)14-8-4-3-5-11-16/h12,14,16H,2-11H2,1H3. The molecule has 0 bridgehead atoms. The number of piperidine rings is 1. The second-order valence-electron chi connectivity index (χ2n) is 5.11. The second-order valence-corrected chi connectivity index (χ2v) is 6.86. The highest BCUT2D eigenvalue weighted by molar-refractivity contribution is 7.87. The minimum absolute atomic E-state index is 0.133. The molecule has 0 amide bonds. The Labute approximate surface area is 126 Å². The summed E-state index contributed by atoms with van der Waals surface area (Å²) in [6.07, 6.45) is 3.20. The monoisotopic (exact) mass is 322 g/mol. The van der Waals surface area contributed by atoms with E-state index < -0.39 is 10.2 Å². The van der Waals surface area contributed by atoms with E-state index in [9.17, 15) is 13.2 Å². The third-order valence-corrected chi connectivity index (χ3v) is 5.15. The molecule has 0 atom stereocenters. The van der Waals surface area contributed by atoms with Crippen molar-refractivity contribution >= 4 is 16.2 Å². The van der Waals surface area contributed by atoms with Gasteiger partial charge in [0, 0.05) is 26.2 Å². The first-order valence-corrected chi connectivity index (χ1v) is 8.97. The van der Waals surface area contributed by atoms with E-state index in [1.165, 1.54) is 4.31 Å². The highest BCUT2D eigenvalue weighted by Crippen LogP contribution is 2.20. The first-order chi connectivity index (χ1) is 10.0. The van der Waals surface area contributed by atoms with Crippen LogP contribution in [-0.2, 0) is 19.7 Å². The summed E-state index contributed by atoms with van der Waals surface area (Å²) in [6, 6.07) is 0.